The molecule has 1 amide bonds. The van der Waals surface area contributed by atoms with Gasteiger partial charge in [0.2, 0.25) is 5.91 Å². The maximum atomic E-state index is 12.5. The van der Waals surface area contributed by atoms with Crippen molar-refractivity contribution in [1.82, 2.24) is 10.6 Å². The molecule has 0 saturated carbocycles. The standard InChI is InChI=1S/C27H42N4O4Si/c1-6-34-26(35-7-2)36-18-10-17-28-25(32)16-14-20-11-8-9-12-22(20)21-13-15-23-24(19-21)30(27(3,4)5)31(33)29-23/h8-9,11-13,15,19,26,29,33H,6-7,10,14,16-18,36H2,1-5H3,(H,28,32). The zero-order valence-electron chi connectivity index (χ0n) is 22.3. The lowest BCUT2D eigenvalue weighted by Crippen LogP contribution is -2.50. The van der Waals surface area contributed by atoms with Crippen LogP contribution in [0.15, 0.2) is 42.5 Å². The first kappa shape index (κ1) is 28.1. The minimum Gasteiger partial charge on any atom is -0.357 e. The van der Waals surface area contributed by atoms with Gasteiger partial charge in [0.05, 0.1) is 26.4 Å². The van der Waals surface area contributed by atoms with E-state index in [0.717, 1.165) is 45.8 Å². The van der Waals surface area contributed by atoms with Crippen LogP contribution in [0.1, 0.15) is 53.0 Å². The van der Waals surface area contributed by atoms with E-state index in [2.05, 4.69) is 28.9 Å². The van der Waals surface area contributed by atoms with Gasteiger partial charge < -0.3 is 14.8 Å². The van der Waals surface area contributed by atoms with E-state index in [1.807, 2.05) is 63.9 Å². The summed E-state index contributed by atoms with van der Waals surface area (Å²) in [5.41, 5.74) is 7.73. The van der Waals surface area contributed by atoms with Gasteiger partial charge in [-0.25, -0.2) is 0 Å². The van der Waals surface area contributed by atoms with Gasteiger partial charge in [-0.3, -0.25) is 20.4 Å². The Morgan fingerprint density at radius 1 is 1.14 bits per heavy atom. The minimum atomic E-state index is -0.473. The molecule has 0 saturated heterocycles. The highest BCUT2D eigenvalue weighted by Crippen LogP contribution is 2.40. The van der Waals surface area contributed by atoms with Gasteiger partial charge in [0.25, 0.3) is 0 Å². The fraction of sp³-hybridized carbons (Fsp3) is 0.519. The summed E-state index contributed by atoms with van der Waals surface area (Å²) < 4.78 is 11.3. The number of nitrogens with one attached hydrogen (secondary N) is 2. The molecule has 0 aromatic heterocycles. The number of anilines is 2. The summed E-state index contributed by atoms with van der Waals surface area (Å²) in [4.78, 5) is 12.5. The molecule has 1 aliphatic heterocycles. The van der Waals surface area contributed by atoms with E-state index in [1.165, 1.54) is 0 Å². The van der Waals surface area contributed by atoms with Crippen LogP contribution in [0, 0.1) is 0 Å². The molecular formula is C27H42N4O4Si. The first-order valence-electron chi connectivity index (χ1n) is 13.0. The largest absolute Gasteiger partial charge is 0.357 e. The summed E-state index contributed by atoms with van der Waals surface area (Å²) in [7, 11) is -0.473. The van der Waals surface area contributed by atoms with Gasteiger partial charge in [0.15, 0.2) is 0 Å². The number of rotatable bonds is 13. The van der Waals surface area contributed by atoms with Crippen LogP contribution in [0.25, 0.3) is 11.1 Å². The predicted molar refractivity (Wildman–Crippen MR) is 148 cm³/mol. The molecule has 1 heterocycles. The Morgan fingerprint density at radius 2 is 1.86 bits per heavy atom. The second-order valence-electron chi connectivity index (χ2n) is 9.96. The Kier molecular flexibility index (Phi) is 10.3. The molecule has 0 fully saturated rings. The Hall–Kier alpha value is -2.43. The van der Waals surface area contributed by atoms with Crippen molar-refractivity contribution in [2.45, 2.75) is 71.4 Å². The molecule has 9 heteroatoms. The smallest absolute Gasteiger partial charge is 0.220 e. The van der Waals surface area contributed by atoms with E-state index < -0.39 is 9.52 Å². The van der Waals surface area contributed by atoms with E-state index in [9.17, 15) is 10.0 Å². The van der Waals surface area contributed by atoms with Gasteiger partial charge in [0, 0.05) is 26.2 Å². The van der Waals surface area contributed by atoms with Crippen molar-refractivity contribution in [3.63, 3.8) is 0 Å². The van der Waals surface area contributed by atoms with E-state index in [1.54, 1.807) is 0 Å². The number of aryl methyl sites for hydroxylation is 1. The van der Waals surface area contributed by atoms with E-state index in [4.69, 9.17) is 9.47 Å². The average Bonchev–Trinajstić information content (AvgIpc) is 3.18. The van der Waals surface area contributed by atoms with Crippen LogP contribution in [0.2, 0.25) is 6.04 Å². The maximum absolute atomic E-state index is 12.5. The van der Waals surface area contributed by atoms with Crippen molar-refractivity contribution >= 4 is 26.8 Å². The third kappa shape index (κ3) is 7.53. The molecule has 0 aliphatic carbocycles. The lowest BCUT2D eigenvalue weighted by molar-refractivity contribution is -0.121. The predicted octanol–water partition coefficient (Wildman–Crippen LogP) is 4.29. The van der Waals surface area contributed by atoms with E-state index in [0.29, 0.717) is 32.6 Å². The second kappa shape index (κ2) is 13.2. The first-order chi connectivity index (χ1) is 17.2. The fourth-order valence-electron chi connectivity index (χ4n) is 4.48. The van der Waals surface area contributed by atoms with Crippen LogP contribution in [0.5, 0.6) is 0 Å². The SMILES string of the molecule is CCOC(OCC)[SiH2]CCCNC(=O)CCc1ccccc1-c1ccc2c(c1)N(C(C)(C)C)N(O)N2. The summed E-state index contributed by atoms with van der Waals surface area (Å²) in [6.07, 6.45) is 2.07. The number of benzene rings is 2. The molecule has 0 spiro atoms. The summed E-state index contributed by atoms with van der Waals surface area (Å²) in [5, 5.41) is 16.3. The number of amides is 1. The van der Waals surface area contributed by atoms with Crippen LogP contribution < -0.4 is 15.8 Å². The van der Waals surface area contributed by atoms with Crippen LogP contribution >= 0.6 is 0 Å². The van der Waals surface area contributed by atoms with Gasteiger partial charge in [-0.1, -0.05) is 36.4 Å². The summed E-state index contributed by atoms with van der Waals surface area (Å²) in [6, 6.07) is 15.4. The molecule has 0 unspecified atom stereocenters. The molecule has 0 atom stereocenters. The number of carbonyl (C=O) groups is 1. The molecule has 0 radical (unpaired) electrons. The van der Waals surface area contributed by atoms with Gasteiger partial charge in [-0.15, -0.1) is 0 Å². The lowest BCUT2D eigenvalue weighted by Gasteiger charge is -2.36. The Morgan fingerprint density at radius 3 is 2.56 bits per heavy atom. The minimum absolute atomic E-state index is 0.0156. The Labute approximate surface area is 217 Å². The zero-order valence-corrected chi connectivity index (χ0v) is 23.8. The summed E-state index contributed by atoms with van der Waals surface area (Å²) >= 11 is 0. The topological polar surface area (TPSA) is 86.3 Å². The van der Waals surface area contributed by atoms with Crippen LogP contribution in [-0.2, 0) is 20.7 Å². The molecule has 2 aromatic rings. The normalized spacial score (nSPS) is 14.0. The molecule has 1 aliphatic rings. The van der Waals surface area contributed by atoms with Crippen molar-refractivity contribution < 1.29 is 19.5 Å². The highest BCUT2D eigenvalue weighted by molar-refractivity contribution is 6.36. The Bertz CT molecular complexity index is 992. The first-order valence-corrected chi connectivity index (χ1v) is 14.8. The number of nitrogens with zero attached hydrogens (tertiary/aromatic N) is 2. The fourth-order valence-corrected chi connectivity index (χ4v) is 6.16. The van der Waals surface area contributed by atoms with Crippen LogP contribution in [0.3, 0.4) is 0 Å². The maximum Gasteiger partial charge on any atom is 0.220 e. The summed E-state index contributed by atoms with van der Waals surface area (Å²) in [5.74, 6) is 0.0590. The van der Waals surface area contributed by atoms with Crippen LogP contribution in [-0.4, -0.2) is 57.1 Å². The number of fused-ring (bicyclic) bond motifs is 1. The van der Waals surface area contributed by atoms with Crippen molar-refractivity contribution in [3.05, 3.63) is 48.0 Å². The van der Waals surface area contributed by atoms with Gasteiger partial charge >= 0.3 is 0 Å². The molecule has 198 valence electrons. The molecule has 36 heavy (non-hydrogen) atoms. The second-order valence-corrected chi connectivity index (χ2v) is 11.9. The van der Waals surface area contributed by atoms with Crippen molar-refractivity contribution in [2.24, 2.45) is 0 Å². The van der Waals surface area contributed by atoms with Crippen molar-refractivity contribution in [1.29, 1.82) is 0 Å². The number of hydrogen-bond donors (Lipinski definition) is 3. The van der Waals surface area contributed by atoms with Gasteiger partial charge in [-0.05, 0) is 81.6 Å². The van der Waals surface area contributed by atoms with Crippen LogP contribution in [0.4, 0.5) is 11.4 Å². The molecule has 8 nitrogen and oxygen atoms in total. The molecule has 3 rings (SSSR count). The molecule has 0 bridgehead atoms. The van der Waals surface area contributed by atoms with Crippen molar-refractivity contribution in [2.75, 3.05) is 30.2 Å². The lowest BCUT2D eigenvalue weighted by atomic mass is 9.95. The number of carbonyl (C=O) groups excluding carboxylic acids is 1. The van der Waals surface area contributed by atoms with E-state index >= 15 is 0 Å². The summed E-state index contributed by atoms with van der Waals surface area (Å²) in [6.45, 7) is 12.2. The highest BCUT2D eigenvalue weighted by Gasteiger charge is 2.34. The van der Waals surface area contributed by atoms with E-state index in [-0.39, 0.29) is 17.4 Å². The van der Waals surface area contributed by atoms with Crippen molar-refractivity contribution in [3.8, 4) is 11.1 Å². The van der Waals surface area contributed by atoms with Gasteiger partial charge in [0.1, 0.15) is 5.91 Å². The number of hydrazine groups is 2. The molecular weight excluding hydrogens is 472 g/mol. The molecule has 3 N–H and O–H groups in total. The zero-order chi connectivity index (χ0) is 26.1. The monoisotopic (exact) mass is 514 g/mol. The Balaban J connectivity index is 1.56. The highest BCUT2D eigenvalue weighted by atomic mass is 28.2. The molecule has 2 aromatic carbocycles. The third-order valence-electron chi connectivity index (χ3n) is 6.11. The third-order valence-corrected chi connectivity index (χ3v) is 7.97. The number of ether oxygens (including phenoxy) is 2. The average molecular weight is 515 g/mol. The van der Waals surface area contributed by atoms with Gasteiger partial charge in [-0.2, -0.15) is 0 Å². The number of hydrogen-bond acceptors (Lipinski definition) is 7. The quantitative estimate of drug-likeness (QED) is 0.209.